The fourth-order valence-corrected chi connectivity index (χ4v) is 2.91. The van der Waals surface area contributed by atoms with E-state index in [1.54, 1.807) is 24.4 Å². The minimum atomic E-state index is 0.133. The number of fused-ring (bicyclic) bond motifs is 1. The van der Waals surface area contributed by atoms with Gasteiger partial charge in [-0.15, -0.1) is 0 Å². The van der Waals surface area contributed by atoms with Crippen LogP contribution < -0.4 is 0 Å². The summed E-state index contributed by atoms with van der Waals surface area (Å²) in [5, 5.41) is 1.21. The van der Waals surface area contributed by atoms with Crippen molar-refractivity contribution < 1.29 is 4.79 Å². The molecule has 3 nitrogen and oxygen atoms in total. The molecule has 5 heteroatoms. The van der Waals surface area contributed by atoms with Crippen LogP contribution in [0.3, 0.4) is 0 Å². The molecule has 1 aromatic heterocycles. The van der Waals surface area contributed by atoms with Crippen molar-refractivity contribution in [2.45, 2.75) is 25.7 Å². The van der Waals surface area contributed by atoms with Crippen LogP contribution in [-0.2, 0) is 12.8 Å². The summed E-state index contributed by atoms with van der Waals surface area (Å²) < 4.78 is 0. The van der Waals surface area contributed by atoms with E-state index in [-0.39, 0.29) is 5.78 Å². The highest BCUT2D eigenvalue weighted by Gasteiger charge is 2.19. The first-order valence-electron chi connectivity index (χ1n) is 6.46. The van der Waals surface area contributed by atoms with E-state index in [1.807, 2.05) is 0 Å². The van der Waals surface area contributed by atoms with Gasteiger partial charge in [-0.1, -0.05) is 29.3 Å². The van der Waals surface area contributed by atoms with Crippen molar-refractivity contribution in [1.29, 1.82) is 0 Å². The number of benzene rings is 1. The van der Waals surface area contributed by atoms with Crippen molar-refractivity contribution in [2.75, 3.05) is 0 Å². The van der Waals surface area contributed by atoms with Crippen LogP contribution in [0.4, 0.5) is 0 Å². The van der Waals surface area contributed by atoms with E-state index < -0.39 is 0 Å². The van der Waals surface area contributed by atoms with Crippen LogP contribution in [0.5, 0.6) is 0 Å². The van der Waals surface area contributed by atoms with Crippen LogP contribution in [0.15, 0.2) is 24.4 Å². The number of halogens is 2. The lowest BCUT2D eigenvalue weighted by Crippen LogP contribution is -2.15. The molecule has 2 aromatic rings. The van der Waals surface area contributed by atoms with Crippen molar-refractivity contribution in [3.05, 3.63) is 57.1 Å². The first kappa shape index (κ1) is 13.5. The number of hydrogen-bond acceptors (Lipinski definition) is 3. The van der Waals surface area contributed by atoms with Crippen molar-refractivity contribution in [3.63, 3.8) is 0 Å². The van der Waals surface area contributed by atoms with E-state index >= 15 is 0 Å². The number of ketones is 1. The van der Waals surface area contributed by atoms with Crippen molar-refractivity contribution >= 4 is 29.0 Å². The van der Waals surface area contributed by atoms with Crippen molar-refractivity contribution in [2.24, 2.45) is 0 Å². The van der Waals surface area contributed by atoms with Gasteiger partial charge in [0.05, 0.1) is 11.3 Å². The van der Waals surface area contributed by atoms with Crippen LogP contribution in [0.2, 0.25) is 10.0 Å². The molecule has 0 saturated carbocycles. The molecule has 0 radical (unpaired) electrons. The summed E-state index contributed by atoms with van der Waals surface area (Å²) in [5.41, 5.74) is 2.32. The lowest BCUT2D eigenvalue weighted by atomic mass is 9.96. The maximum atomic E-state index is 11.7. The number of hydrogen-bond donors (Lipinski definition) is 0. The number of Topliss-reactive ketones (excluding diaryl/α,β-unsaturated/α-hetero) is 1. The average Bonchev–Trinajstić information content (AvgIpc) is 2.43. The summed E-state index contributed by atoms with van der Waals surface area (Å²) in [7, 11) is 0. The van der Waals surface area contributed by atoms with Gasteiger partial charge in [0.25, 0.3) is 0 Å². The number of nitrogens with zero attached hydrogens (tertiary/aromatic N) is 2. The Hall–Kier alpha value is -1.45. The van der Waals surface area contributed by atoms with E-state index in [2.05, 4.69) is 9.97 Å². The average molecular weight is 307 g/mol. The second-order valence-electron chi connectivity index (χ2n) is 4.80. The molecule has 102 valence electrons. The Balaban J connectivity index is 1.94. The smallest absolute Gasteiger partial charge is 0.166 e. The second kappa shape index (κ2) is 5.51. The van der Waals surface area contributed by atoms with Gasteiger partial charge in [-0.05, 0) is 30.5 Å². The third kappa shape index (κ3) is 2.56. The molecule has 1 aliphatic rings. The molecule has 3 rings (SSSR count). The molecule has 0 fully saturated rings. The topological polar surface area (TPSA) is 42.9 Å². The molecule has 0 bridgehead atoms. The maximum absolute atomic E-state index is 11.7. The molecule has 1 heterocycles. The Morgan fingerprint density at radius 2 is 1.90 bits per heavy atom. The molecule has 0 amide bonds. The Kier molecular flexibility index (Phi) is 3.72. The number of aryl methyl sites for hydroxylation is 1. The molecular weight excluding hydrogens is 295 g/mol. The summed E-state index contributed by atoms with van der Waals surface area (Å²) in [6.07, 6.45) is 4.37. The Morgan fingerprint density at radius 1 is 1.15 bits per heavy atom. The Labute approximate surface area is 127 Å². The van der Waals surface area contributed by atoms with Gasteiger partial charge in [0.2, 0.25) is 0 Å². The molecule has 1 aromatic carbocycles. The lowest BCUT2D eigenvalue weighted by Gasteiger charge is -2.14. The van der Waals surface area contributed by atoms with Gasteiger partial charge in [-0.2, -0.15) is 0 Å². The van der Waals surface area contributed by atoms with Gasteiger partial charge in [-0.3, -0.25) is 4.79 Å². The monoisotopic (exact) mass is 306 g/mol. The second-order valence-corrected chi connectivity index (χ2v) is 5.61. The molecule has 0 atom stereocenters. The molecule has 0 spiro atoms. The largest absolute Gasteiger partial charge is 0.294 e. The SMILES string of the molecule is O=C1CCCc2nc(Cc3c(Cl)cccc3Cl)ncc21. The Morgan fingerprint density at radius 3 is 2.65 bits per heavy atom. The van der Waals surface area contributed by atoms with Gasteiger partial charge >= 0.3 is 0 Å². The summed E-state index contributed by atoms with van der Waals surface area (Å²) >= 11 is 12.3. The molecule has 1 aliphatic carbocycles. The molecular formula is C15H12Cl2N2O. The highest BCUT2D eigenvalue weighted by Crippen LogP contribution is 2.26. The summed E-state index contributed by atoms with van der Waals surface area (Å²) in [5.74, 6) is 0.780. The number of carbonyl (C=O) groups excluding carboxylic acids is 1. The van der Waals surface area contributed by atoms with E-state index in [9.17, 15) is 4.79 Å². The maximum Gasteiger partial charge on any atom is 0.166 e. The summed E-state index contributed by atoms with van der Waals surface area (Å²) in [6, 6.07) is 5.40. The van der Waals surface area contributed by atoms with Crippen molar-refractivity contribution in [3.8, 4) is 0 Å². The van der Waals surface area contributed by atoms with E-state index in [0.29, 0.717) is 34.3 Å². The Bertz CT molecular complexity index is 665. The first-order chi connectivity index (χ1) is 9.65. The highest BCUT2D eigenvalue weighted by molar-refractivity contribution is 6.36. The predicted octanol–water partition coefficient (Wildman–Crippen LogP) is 3.89. The van der Waals surface area contributed by atoms with Gasteiger partial charge in [0.1, 0.15) is 5.82 Å². The summed E-state index contributed by atoms with van der Waals surface area (Å²) in [4.78, 5) is 20.5. The molecule has 0 N–H and O–H groups in total. The van der Waals surface area contributed by atoms with Crippen LogP contribution in [-0.4, -0.2) is 15.8 Å². The lowest BCUT2D eigenvalue weighted by molar-refractivity contribution is 0.0971. The van der Waals surface area contributed by atoms with Gasteiger partial charge in [-0.25, -0.2) is 9.97 Å². The number of rotatable bonds is 2. The zero-order valence-corrected chi connectivity index (χ0v) is 12.2. The third-order valence-electron chi connectivity index (χ3n) is 3.43. The van der Waals surface area contributed by atoms with E-state index in [0.717, 1.165) is 24.1 Å². The standard InChI is InChI=1S/C15H12Cl2N2O/c16-11-3-1-4-12(17)9(11)7-15-18-8-10-13(19-15)5-2-6-14(10)20/h1,3-4,8H,2,5-7H2. The zero-order chi connectivity index (χ0) is 14.1. The predicted molar refractivity (Wildman–Crippen MR) is 78.6 cm³/mol. The minimum Gasteiger partial charge on any atom is -0.294 e. The minimum absolute atomic E-state index is 0.133. The molecule has 0 saturated heterocycles. The fourth-order valence-electron chi connectivity index (χ4n) is 2.38. The van der Waals surface area contributed by atoms with Gasteiger partial charge in [0.15, 0.2) is 5.78 Å². The van der Waals surface area contributed by atoms with Gasteiger partial charge in [0, 0.05) is 29.1 Å². The number of carbonyl (C=O) groups is 1. The molecule has 0 aliphatic heterocycles. The zero-order valence-electron chi connectivity index (χ0n) is 10.7. The van der Waals surface area contributed by atoms with Gasteiger partial charge < -0.3 is 0 Å². The van der Waals surface area contributed by atoms with E-state index in [1.165, 1.54) is 0 Å². The summed E-state index contributed by atoms with van der Waals surface area (Å²) in [6.45, 7) is 0. The molecule has 20 heavy (non-hydrogen) atoms. The highest BCUT2D eigenvalue weighted by atomic mass is 35.5. The van der Waals surface area contributed by atoms with Crippen LogP contribution in [0.25, 0.3) is 0 Å². The molecule has 0 unspecified atom stereocenters. The number of aromatic nitrogens is 2. The third-order valence-corrected chi connectivity index (χ3v) is 4.14. The quantitative estimate of drug-likeness (QED) is 0.845. The first-order valence-corrected chi connectivity index (χ1v) is 7.21. The van der Waals surface area contributed by atoms with Crippen LogP contribution >= 0.6 is 23.2 Å². The van der Waals surface area contributed by atoms with Crippen molar-refractivity contribution in [1.82, 2.24) is 9.97 Å². The normalized spacial score (nSPS) is 14.2. The van der Waals surface area contributed by atoms with Crippen LogP contribution in [0.1, 0.15) is 40.3 Å². The van der Waals surface area contributed by atoms with E-state index in [4.69, 9.17) is 23.2 Å². The van der Waals surface area contributed by atoms with Crippen LogP contribution in [0, 0.1) is 0 Å². The fraction of sp³-hybridized carbons (Fsp3) is 0.267.